The molecule has 0 aliphatic rings. The van der Waals surface area contributed by atoms with Crippen LogP contribution in [0.2, 0.25) is 0 Å². The first-order chi connectivity index (χ1) is 12.2. The van der Waals surface area contributed by atoms with Crippen molar-refractivity contribution in [3.05, 3.63) is 34.3 Å². The molecule has 0 radical (unpaired) electrons. The Morgan fingerprint density at radius 1 is 0.960 bits per heavy atom. The van der Waals surface area contributed by atoms with Gasteiger partial charge in [-0.2, -0.15) is 0 Å². The van der Waals surface area contributed by atoms with Gasteiger partial charge in [-0.25, -0.2) is 4.79 Å². The fraction of sp³-hybridized carbons (Fsp3) is 0.682. The number of carbonyl (C=O) groups excluding carboxylic acids is 1. The topological polar surface area (TPSA) is 26.3 Å². The van der Waals surface area contributed by atoms with E-state index >= 15 is 0 Å². The Morgan fingerprint density at radius 2 is 1.56 bits per heavy atom. The summed E-state index contributed by atoms with van der Waals surface area (Å²) in [6.07, 6.45) is 15.2. The zero-order chi connectivity index (χ0) is 18.3. The first-order valence-electron chi connectivity index (χ1n) is 10.1. The van der Waals surface area contributed by atoms with E-state index in [2.05, 4.69) is 29.8 Å². The van der Waals surface area contributed by atoms with Crippen molar-refractivity contribution in [3.8, 4) is 0 Å². The van der Waals surface area contributed by atoms with Crippen molar-refractivity contribution >= 4 is 21.9 Å². The molecule has 0 amide bonds. The summed E-state index contributed by atoms with van der Waals surface area (Å²) in [5, 5.41) is 0. The zero-order valence-corrected chi connectivity index (χ0v) is 17.7. The van der Waals surface area contributed by atoms with Crippen LogP contribution in [0.5, 0.6) is 0 Å². The largest absolute Gasteiger partial charge is 0.459 e. The Kier molecular flexibility index (Phi) is 12.8. The van der Waals surface area contributed by atoms with Gasteiger partial charge in [0.1, 0.15) is 6.10 Å². The molecule has 1 aromatic rings. The number of esters is 1. The minimum atomic E-state index is -0.208. The molecule has 0 heterocycles. The van der Waals surface area contributed by atoms with Crippen LogP contribution in [-0.2, 0) is 4.74 Å². The molecular weight excluding hydrogens is 376 g/mol. The third kappa shape index (κ3) is 10.7. The third-order valence-corrected chi connectivity index (χ3v) is 5.16. The second-order valence-electron chi connectivity index (χ2n) is 6.92. The molecular formula is C22H35BrO2. The maximum Gasteiger partial charge on any atom is 0.338 e. The van der Waals surface area contributed by atoms with Gasteiger partial charge in [0.2, 0.25) is 0 Å². The molecule has 0 aliphatic carbocycles. The van der Waals surface area contributed by atoms with Gasteiger partial charge in [0, 0.05) is 4.47 Å². The molecule has 0 aromatic heterocycles. The molecule has 0 bridgehead atoms. The van der Waals surface area contributed by atoms with Gasteiger partial charge >= 0.3 is 5.97 Å². The van der Waals surface area contributed by atoms with Crippen LogP contribution in [0, 0.1) is 0 Å². The predicted octanol–water partition coefficient (Wildman–Crippen LogP) is 7.70. The van der Waals surface area contributed by atoms with Crippen molar-refractivity contribution in [1.29, 1.82) is 0 Å². The number of hydrogen-bond donors (Lipinski definition) is 0. The molecule has 2 nitrogen and oxygen atoms in total. The summed E-state index contributed by atoms with van der Waals surface area (Å²) in [5.41, 5.74) is 0.621. The van der Waals surface area contributed by atoms with Crippen LogP contribution in [0.1, 0.15) is 101 Å². The molecule has 3 heteroatoms. The number of ether oxygens (including phenoxy) is 1. The van der Waals surface area contributed by atoms with Crippen molar-refractivity contribution in [1.82, 2.24) is 0 Å². The van der Waals surface area contributed by atoms with Crippen LogP contribution in [0.4, 0.5) is 0 Å². The Morgan fingerprint density at radius 3 is 2.12 bits per heavy atom. The summed E-state index contributed by atoms with van der Waals surface area (Å²) < 4.78 is 6.57. The monoisotopic (exact) mass is 410 g/mol. The predicted molar refractivity (Wildman–Crippen MR) is 110 cm³/mol. The Bertz CT molecular complexity index is 473. The van der Waals surface area contributed by atoms with Gasteiger partial charge in [0.15, 0.2) is 0 Å². The highest BCUT2D eigenvalue weighted by molar-refractivity contribution is 9.10. The highest BCUT2D eigenvalue weighted by Crippen LogP contribution is 2.17. The second kappa shape index (κ2) is 14.4. The molecule has 1 atom stereocenters. The van der Waals surface area contributed by atoms with Crippen molar-refractivity contribution in [2.75, 3.05) is 0 Å². The number of carbonyl (C=O) groups is 1. The molecule has 1 aromatic carbocycles. The molecule has 1 rings (SSSR count). The minimum Gasteiger partial charge on any atom is -0.459 e. The third-order valence-electron chi connectivity index (χ3n) is 4.67. The maximum atomic E-state index is 12.2. The highest BCUT2D eigenvalue weighted by atomic mass is 79.9. The van der Waals surface area contributed by atoms with E-state index in [-0.39, 0.29) is 12.1 Å². The van der Waals surface area contributed by atoms with E-state index in [0.29, 0.717) is 5.56 Å². The van der Waals surface area contributed by atoms with Crippen LogP contribution >= 0.6 is 15.9 Å². The van der Waals surface area contributed by atoms with Gasteiger partial charge in [-0.05, 0) is 37.5 Å². The van der Waals surface area contributed by atoms with Crippen LogP contribution in [0.15, 0.2) is 28.7 Å². The summed E-state index contributed by atoms with van der Waals surface area (Å²) >= 11 is 3.40. The summed E-state index contributed by atoms with van der Waals surface area (Å²) in [7, 11) is 0. The quantitative estimate of drug-likeness (QED) is 0.232. The van der Waals surface area contributed by atoms with Gasteiger partial charge in [-0.3, -0.25) is 0 Å². The molecule has 142 valence electrons. The van der Waals surface area contributed by atoms with E-state index in [9.17, 15) is 4.79 Å². The van der Waals surface area contributed by atoms with E-state index in [4.69, 9.17) is 4.74 Å². The maximum absolute atomic E-state index is 12.2. The minimum absolute atomic E-state index is 0.0422. The van der Waals surface area contributed by atoms with E-state index < -0.39 is 0 Å². The second-order valence-corrected chi connectivity index (χ2v) is 7.83. The molecule has 1 unspecified atom stereocenters. The van der Waals surface area contributed by atoms with E-state index in [1.165, 1.54) is 57.8 Å². The Hall–Kier alpha value is -0.830. The molecule has 0 saturated carbocycles. The molecule has 25 heavy (non-hydrogen) atoms. The average Bonchev–Trinajstić information content (AvgIpc) is 2.62. The van der Waals surface area contributed by atoms with Crippen molar-refractivity contribution in [2.45, 2.75) is 97.0 Å². The highest BCUT2D eigenvalue weighted by Gasteiger charge is 2.14. The first kappa shape index (κ1) is 22.2. The lowest BCUT2D eigenvalue weighted by Gasteiger charge is -2.16. The van der Waals surface area contributed by atoms with Crippen LogP contribution < -0.4 is 0 Å². The van der Waals surface area contributed by atoms with E-state index in [1.807, 2.05) is 18.2 Å². The number of unbranched alkanes of at least 4 members (excludes halogenated alkanes) is 9. The molecule has 0 N–H and O–H groups in total. The fourth-order valence-electron chi connectivity index (χ4n) is 3.04. The lowest BCUT2D eigenvalue weighted by molar-refractivity contribution is 0.0267. The van der Waals surface area contributed by atoms with E-state index in [1.54, 1.807) is 6.07 Å². The van der Waals surface area contributed by atoms with Crippen molar-refractivity contribution < 1.29 is 9.53 Å². The molecule has 0 fully saturated rings. The van der Waals surface area contributed by atoms with Gasteiger partial charge in [0.25, 0.3) is 0 Å². The molecule has 0 spiro atoms. The van der Waals surface area contributed by atoms with Crippen LogP contribution in [-0.4, -0.2) is 12.1 Å². The summed E-state index contributed by atoms with van der Waals surface area (Å²) in [6, 6.07) is 7.40. The summed E-state index contributed by atoms with van der Waals surface area (Å²) in [5.74, 6) is -0.208. The fourth-order valence-corrected chi connectivity index (χ4v) is 3.44. The number of halogens is 1. The smallest absolute Gasteiger partial charge is 0.338 e. The standard InChI is InChI=1S/C22H35BrO2/c1-3-5-6-7-8-9-10-11-12-13-17-21(4-2)25-22(24)19-15-14-16-20(23)18-19/h14-16,18,21H,3-13,17H2,1-2H3. The Balaban J connectivity index is 2.11. The number of hydrogen-bond acceptors (Lipinski definition) is 2. The van der Waals surface area contributed by atoms with E-state index in [0.717, 1.165) is 23.7 Å². The summed E-state index contributed by atoms with van der Waals surface area (Å²) in [6.45, 7) is 4.36. The Labute approximate surface area is 162 Å². The van der Waals surface area contributed by atoms with Crippen LogP contribution in [0.25, 0.3) is 0 Å². The SMILES string of the molecule is CCCCCCCCCCCCC(CC)OC(=O)c1cccc(Br)c1. The van der Waals surface area contributed by atoms with Crippen LogP contribution in [0.3, 0.4) is 0 Å². The lowest BCUT2D eigenvalue weighted by Crippen LogP contribution is -2.17. The normalized spacial score (nSPS) is 12.1. The average molecular weight is 411 g/mol. The van der Waals surface area contributed by atoms with Gasteiger partial charge in [0.05, 0.1) is 5.56 Å². The zero-order valence-electron chi connectivity index (χ0n) is 16.1. The lowest BCUT2D eigenvalue weighted by atomic mass is 10.0. The number of benzene rings is 1. The van der Waals surface area contributed by atoms with Gasteiger partial charge < -0.3 is 4.74 Å². The number of rotatable bonds is 14. The summed E-state index contributed by atoms with van der Waals surface area (Å²) in [4.78, 5) is 12.2. The first-order valence-corrected chi connectivity index (χ1v) is 10.9. The van der Waals surface area contributed by atoms with Crippen molar-refractivity contribution in [2.24, 2.45) is 0 Å². The van der Waals surface area contributed by atoms with Gasteiger partial charge in [-0.1, -0.05) is 93.6 Å². The van der Waals surface area contributed by atoms with Crippen molar-refractivity contribution in [3.63, 3.8) is 0 Å². The van der Waals surface area contributed by atoms with Gasteiger partial charge in [-0.15, -0.1) is 0 Å². The molecule has 0 saturated heterocycles. The molecule has 0 aliphatic heterocycles.